The van der Waals surface area contributed by atoms with Crippen molar-refractivity contribution in [2.24, 2.45) is 0 Å². The van der Waals surface area contributed by atoms with Gasteiger partial charge in [0.05, 0.1) is 19.3 Å². The summed E-state index contributed by atoms with van der Waals surface area (Å²) in [5.41, 5.74) is 1.70. The summed E-state index contributed by atoms with van der Waals surface area (Å²) in [7, 11) is 0. The smallest absolute Gasteiger partial charge is 0.253 e. The van der Waals surface area contributed by atoms with Crippen LogP contribution in [0.2, 0.25) is 0 Å². The van der Waals surface area contributed by atoms with Crippen LogP contribution in [0, 0.1) is 0 Å². The van der Waals surface area contributed by atoms with E-state index < -0.39 is 6.10 Å². The van der Waals surface area contributed by atoms with Crippen molar-refractivity contribution in [1.29, 1.82) is 0 Å². The molecule has 1 saturated heterocycles. The SMILES string of the molecule is O=C(c1ccccc1)N1CCN(CC(O)COCc2ccc3c(c2)OCO3)CC1. The molecule has 2 aliphatic heterocycles. The van der Waals surface area contributed by atoms with Gasteiger partial charge in [-0.25, -0.2) is 0 Å². The predicted octanol–water partition coefficient (Wildman–Crippen LogP) is 1.75. The number of rotatable bonds is 7. The van der Waals surface area contributed by atoms with Crippen LogP contribution >= 0.6 is 0 Å². The second-order valence-electron chi connectivity index (χ2n) is 7.32. The van der Waals surface area contributed by atoms with Gasteiger partial charge in [0.15, 0.2) is 11.5 Å². The summed E-state index contributed by atoms with van der Waals surface area (Å²) in [6.07, 6.45) is -0.569. The van der Waals surface area contributed by atoms with Gasteiger partial charge in [0.1, 0.15) is 0 Å². The van der Waals surface area contributed by atoms with Gasteiger partial charge in [-0.1, -0.05) is 24.3 Å². The molecule has 2 aromatic carbocycles. The van der Waals surface area contributed by atoms with Crippen molar-refractivity contribution >= 4 is 5.91 Å². The largest absolute Gasteiger partial charge is 0.454 e. The molecule has 0 aromatic heterocycles. The van der Waals surface area contributed by atoms with Crippen LogP contribution in [0.4, 0.5) is 0 Å². The van der Waals surface area contributed by atoms with E-state index in [4.69, 9.17) is 14.2 Å². The highest BCUT2D eigenvalue weighted by Gasteiger charge is 2.23. The Morgan fingerprint density at radius 2 is 1.79 bits per heavy atom. The van der Waals surface area contributed by atoms with Crippen LogP contribution in [0.1, 0.15) is 15.9 Å². The topological polar surface area (TPSA) is 71.5 Å². The Balaban J connectivity index is 1.16. The molecule has 2 heterocycles. The molecule has 1 amide bonds. The summed E-state index contributed by atoms with van der Waals surface area (Å²) in [5.74, 6) is 1.55. The number of amides is 1. The van der Waals surface area contributed by atoms with Gasteiger partial charge in [0, 0.05) is 38.3 Å². The standard InChI is InChI=1S/C22H26N2O5/c25-19(15-27-14-17-6-7-20-21(12-17)29-16-28-20)13-23-8-10-24(11-9-23)22(26)18-4-2-1-3-5-18/h1-7,12,19,25H,8-11,13-16H2. The summed E-state index contributed by atoms with van der Waals surface area (Å²) < 4.78 is 16.3. The third-order valence-corrected chi connectivity index (χ3v) is 5.17. The van der Waals surface area contributed by atoms with Crippen molar-refractivity contribution in [3.05, 3.63) is 59.7 Å². The van der Waals surface area contributed by atoms with Crippen molar-refractivity contribution < 1.29 is 24.1 Å². The maximum absolute atomic E-state index is 12.5. The minimum Gasteiger partial charge on any atom is -0.454 e. The normalized spacial score (nSPS) is 17.3. The monoisotopic (exact) mass is 398 g/mol. The minimum absolute atomic E-state index is 0.0675. The van der Waals surface area contributed by atoms with Crippen molar-refractivity contribution in [2.75, 3.05) is 46.1 Å². The molecule has 0 bridgehead atoms. The predicted molar refractivity (Wildman–Crippen MR) is 107 cm³/mol. The van der Waals surface area contributed by atoms with Gasteiger partial charge in [0.2, 0.25) is 6.79 Å². The lowest BCUT2D eigenvalue weighted by atomic mass is 10.2. The first kappa shape index (κ1) is 19.7. The summed E-state index contributed by atoms with van der Waals surface area (Å²) in [6, 6.07) is 15.1. The quantitative estimate of drug-likeness (QED) is 0.766. The number of ether oxygens (including phenoxy) is 3. The number of carbonyl (C=O) groups is 1. The molecule has 2 aliphatic rings. The van der Waals surface area contributed by atoms with Crippen LogP contribution in [0.5, 0.6) is 11.5 Å². The summed E-state index contributed by atoms with van der Waals surface area (Å²) >= 11 is 0. The number of aliphatic hydroxyl groups excluding tert-OH is 1. The van der Waals surface area contributed by atoms with E-state index >= 15 is 0 Å². The second-order valence-corrected chi connectivity index (χ2v) is 7.32. The van der Waals surface area contributed by atoms with E-state index in [1.165, 1.54) is 0 Å². The molecular formula is C22H26N2O5. The highest BCUT2D eigenvalue weighted by Crippen LogP contribution is 2.32. The molecule has 4 rings (SSSR count). The zero-order chi connectivity index (χ0) is 20.1. The fraction of sp³-hybridized carbons (Fsp3) is 0.409. The Bertz CT molecular complexity index is 821. The van der Waals surface area contributed by atoms with Gasteiger partial charge in [-0.15, -0.1) is 0 Å². The number of aliphatic hydroxyl groups is 1. The van der Waals surface area contributed by atoms with Crippen LogP contribution in [0.25, 0.3) is 0 Å². The number of β-amino-alcohol motifs (C(OH)–C–C–N with tert-alkyl or cyclic N) is 1. The second kappa shape index (κ2) is 9.26. The Morgan fingerprint density at radius 3 is 2.59 bits per heavy atom. The van der Waals surface area contributed by atoms with E-state index in [0.717, 1.165) is 35.7 Å². The summed E-state index contributed by atoms with van der Waals surface area (Å²) in [4.78, 5) is 16.5. The van der Waals surface area contributed by atoms with E-state index in [-0.39, 0.29) is 19.3 Å². The molecule has 1 N–H and O–H groups in total. The third-order valence-electron chi connectivity index (χ3n) is 5.17. The number of hydrogen-bond acceptors (Lipinski definition) is 6. The van der Waals surface area contributed by atoms with Gasteiger partial charge in [-0.05, 0) is 29.8 Å². The molecule has 7 nitrogen and oxygen atoms in total. The van der Waals surface area contributed by atoms with E-state index in [9.17, 15) is 9.90 Å². The third kappa shape index (κ3) is 5.06. The Kier molecular flexibility index (Phi) is 6.29. The first-order valence-electron chi connectivity index (χ1n) is 9.90. The summed E-state index contributed by atoms with van der Waals surface area (Å²) in [5, 5.41) is 10.3. The molecule has 7 heteroatoms. The van der Waals surface area contributed by atoms with Gasteiger partial charge >= 0.3 is 0 Å². The molecular weight excluding hydrogens is 372 g/mol. The average molecular weight is 398 g/mol. The van der Waals surface area contributed by atoms with Crippen LogP contribution in [0.3, 0.4) is 0 Å². The molecule has 1 unspecified atom stereocenters. The zero-order valence-electron chi connectivity index (χ0n) is 16.3. The molecule has 29 heavy (non-hydrogen) atoms. The first-order chi connectivity index (χ1) is 14.2. The molecule has 1 fully saturated rings. The Morgan fingerprint density at radius 1 is 1.03 bits per heavy atom. The number of fused-ring (bicyclic) bond motifs is 1. The Hall–Kier alpha value is -2.61. The van der Waals surface area contributed by atoms with Gasteiger partial charge < -0.3 is 24.2 Å². The first-order valence-corrected chi connectivity index (χ1v) is 9.90. The fourth-order valence-electron chi connectivity index (χ4n) is 3.59. The van der Waals surface area contributed by atoms with E-state index in [0.29, 0.717) is 26.2 Å². The van der Waals surface area contributed by atoms with Gasteiger partial charge in [0.25, 0.3) is 5.91 Å². The molecule has 1 atom stereocenters. The van der Waals surface area contributed by atoms with E-state index in [2.05, 4.69) is 4.90 Å². The van der Waals surface area contributed by atoms with Crippen molar-refractivity contribution in [2.45, 2.75) is 12.7 Å². The van der Waals surface area contributed by atoms with Gasteiger partial charge in [-0.3, -0.25) is 9.69 Å². The number of benzene rings is 2. The lowest BCUT2D eigenvalue weighted by Gasteiger charge is -2.35. The van der Waals surface area contributed by atoms with E-state index in [1.807, 2.05) is 53.4 Å². The lowest BCUT2D eigenvalue weighted by Crippen LogP contribution is -2.50. The number of hydrogen-bond donors (Lipinski definition) is 1. The van der Waals surface area contributed by atoms with Crippen molar-refractivity contribution in [1.82, 2.24) is 9.80 Å². The maximum Gasteiger partial charge on any atom is 0.253 e. The van der Waals surface area contributed by atoms with Crippen LogP contribution in [0.15, 0.2) is 48.5 Å². The zero-order valence-corrected chi connectivity index (χ0v) is 16.3. The van der Waals surface area contributed by atoms with E-state index in [1.54, 1.807) is 0 Å². The average Bonchev–Trinajstić information content (AvgIpc) is 3.22. The maximum atomic E-state index is 12.5. The molecule has 2 aromatic rings. The number of carbonyl (C=O) groups excluding carboxylic acids is 1. The number of piperazine rings is 1. The van der Waals surface area contributed by atoms with Crippen LogP contribution < -0.4 is 9.47 Å². The number of nitrogens with zero attached hydrogens (tertiary/aromatic N) is 2. The van der Waals surface area contributed by atoms with Crippen LogP contribution in [-0.2, 0) is 11.3 Å². The van der Waals surface area contributed by atoms with Crippen LogP contribution in [-0.4, -0.2) is 73.0 Å². The molecule has 0 aliphatic carbocycles. The minimum atomic E-state index is -0.569. The molecule has 154 valence electrons. The molecule has 0 saturated carbocycles. The Labute approximate surface area is 170 Å². The van der Waals surface area contributed by atoms with Crippen molar-refractivity contribution in [3.63, 3.8) is 0 Å². The lowest BCUT2D eigenvalue weighted by molar-refractivity contribution is 0.00204. The highest BCUT2D eigenvalue weighted by molar-refractivity contribution is 5.94. The molecule has 0 radical (unpaired) electrons. The summed E-state index contributed by atoms with van der Waals surface area (Å²) in [6.45, 7) is 4.29. The molecule has 0 spiro atoms. The van der Waals surface area contributed by atoms with Crippen molar-refractivity contribution in [3.8, 4) is 11.5 Å². The fourth-order valence-corrected chi connectivity index (χ4v) is 3.59. The van der Waals surface area contributed by atoms with Gasteiger partial charge in [-0.2, -0.15) is 0 Å². The highest BCUT2D eigenvalue weighted by atomic mass is 16.7.